The molecule has 2 aromatic carbocycles. The van der Waals surface area contributed by atoms with E-state index in [0.717, 1.165) is 47.8 Å². The normalized spacial score (nSPS) is 18.0. The van der Waals surface area contributed by atoms with Crippen LogP contribution in [0.1, 0.15) is 47.8 Å². The van der Waals surface area contributed by atoms with Gasteiger partial charge in [-0.15, -0.1) is 0 Å². The number of benzene rings is 2. The van der Waals surface area contributed by atoms with Gasteiger partial charge in [-0.3, -0.25) is 19.5 Å². The third kappa shape index (κ3) is 4.35. The number of anilines is 1. The standard InChI is InChI=1S/C25H26N4O3S/c1-16-11-12-22-20(14-16)24(19-8-2-3-9-21(19)28-22)25(30)27-17-6-4-7-18(15-17)33(31,32)29-23-10-5-13-26-23/h2-4,6-9,15-16H,5,10-14H2,1H3,(H,26,29)(H,27,30)/t16-/m0/s1. The molecule has 0 saturated heterocycles. The first-order valence-corrected chi connectivity index (χ1v) is 12.8. The van der Waals surface area contributed by atoms with Crippen molar-refractivity contribution in [1.82, 2.24) is 9.71 Å². The molecule has 8 heteroatoms. The molecule has 0 saturated carbocycles. The number of carbonyl (C=O) groups excluding carboxylic acids is 1. The van der Waals surface area contributed by atoms with Crippen molar-refractivity contribution in [2.75, 3.05) is 11.9 Å². The fraction of sp³-hybridized carbons (Fsp3) is 0.320. The maximum atomic E-state index is 13.5. The molecule has 0 radical (unpaired) electrons. The van der Waals surface area contributed by atoms with Gasteiger partial charge in [0, 0.05) is 29.7 Å². The first-order chi connectivity index (χ1) is 15.9. The highest BCUT2D eigenvalue weighted by molar-refractivity contribution is 7.90. The lowest BCUT2D eigenvalue weighted by Crippen LogP contribution is -2.29. The molecule has 0 bridgehead atoms. The summed E-state index contributed by atoms with van der Waals surface area (Å²) in [6.45, 7) is 2.83. The molecular weight excluding hydrogens is 436 g/mol. The van der Waals surface area contributed by atoms with Gasteiger partial charge in [0.1, 0.15) is 5.84 Å². The van der Waals surface area contributed by atoms with Crippen molar-refractivity contribution in [2.45, 2.75) is 43.9 Å². The molecule has 5 rings (SSSR count). The van der Waals surface area contributed by atoms with E-state index in [-0.39, 0.29) is 10.8 Å². The van der Waals surface area contributed by atoms with Gasteiger partial charge >= 0.3 is 0 Å². The molecule has 7 nitrogen and oxygen atoms in total. The van der Waals surface area contributed by atoms with E-state index in [1.54, 1.807) is 12.1 Å². The monoisotopic (exact) mass is 462 g/mol. The second-order valence-electron chi connectivity index (χ2n) is 8.80. The summed E-state index contributed by atoms with van der Waals surface area (Å²) < 4.78 is 28.1. The first-order valence-electron chi connectivity index (χ1n) is 11.3. The number of rotatable bonds is 4. The number of hydrogen-bond donors (Lipinski definition) is 2. The van der Waals surface area contributed by atoms with Crippen molar-refractivity contribution in [1.29, 1.82) is 0 Å². The topological polar surface area (TPSA) is 101 Å². The Labute approximate surface area is 193 Å². The fourth-order valence-electron chi connectivity index (χ4n) is 4.59. The minimum Gasteiger partial charge on any atom is -0.322 e. The molecule has 170 valence electrons. The Morgan fingerprint density at radius 3 is 2.76 bits per heavy atom. The van der Waals surface area contributed by atoms with Crippen LogP contribution in [0, 0.1) is 5.92 Å². The summed E-state index contributed by atoms with van der Waals surface area (Å²) >= 11 is 0. The molecule has 0 unspecified atom stereocenters. The van der Waals surface area contributed by atoms with E-state index < -0.39 is 10.0 Å². The summed E-state index contributed by atoms with van der Waals surface area (Å²) in [4.78, 5) is 22.6. The maximum absolute atomic E-state index is 13.5. The summed E-state index contributed by atoms with van der Waals surface area (Å²) in [6, 6.07) is 14.0. The molecule has 1 aliphatic heterocycles. The minimum atomic E-state index is -3.77. The zero-order valence-corrected chi connectivity index (χ0v) is 19.3. The highest BCUT2D eigenvalue weighted by Gasteiger charge is 2.26. The van der Waals surface area contributed by atoms with E-state index in [4.69, 9.17) is 4.98 Å². The van der Waals surface area contributed by atoms with Crippen LogP contribution in [-0.2, 0) is 22.9 Å². The van der Waals surface area contributed by atoms with E-state index in [9.17, 15) is 13.2 Å². The Balaban J connectivity index is 1.48. The van der Waals surface area contributed by atoms with Crippen molar-refractivity contribution >= 4 is 38.4 Å². The predicted molar refractivity (Wildman–Crippen MR) is 129 cm³/mol. The summed E-state index contributed by atoms with van der Waals surface area (Å²) in [5.41, 5.74) is 3.84. The summed E-state index contributed by atoms with van der Waals surface area (Å²) in [5, 5.41) is 3.74. The largest absolute Gasteiger partial charge is 0.322 e. The number of hydrogen-bond acceptors (Lipinski definition) is 5. The maximum Gasteiger partial charge on any atom is 0.262 e. The van der Waals surface area contributed by atoms with Crippen molar-refractivity contribution in [2.24, 2.45) is 10.9 Å². The van der Waals surface area contributed by atoms with Gasteiger partial charge in [0.05, 0.1) is 16.0 Å². The molecular formula is C25H26N4O3S. The van der Waals surface area contributed by atoms with E-state index in [0.29, 0.717) is 36.0 Å². The Hall–Kier alpha value is -3.26. The lowest BCUT2D eigenvalue weighted by molar-refractivity contribution is 0.102. The van der Waals surface area contributed by atoms with Gasteiger partial charge in [-0.2, -0.15) is 0 Å². The average molecular weight is 463 g/mol. The van der Waals surface area contributed by atoms with Crippen LogP contribution in [0.2, 0.25) is 0 Å². The van der Waals surface area contributed by atoms with Crippen LogP contribution in [-0.4, -0.2) is 31.7 Å². The SMILES string of the molecule is C[C@H]1CCc2nc3ccccc3c(C(=O)Nc3cccc(S(=O)(=O)NC4=NCCC4)c3)c2C1. The Kier molecular flexibility index (Phi) is 5.62. The van der Waals surface area contributed by atoms with E-state index in [2.05, 4.69) is 22.0 Å². The number of para-hydroxylation sites is 1. The predicted octanol–water partition coefficient (Wildman–Crippen LogP) is 4.08. The summed E-state index contributed by atoms with van der Waals surface area (Å²) in [6.07, 6.45) is 4.17. The smallest absolute Gasteiger partial charge is 0.262 e. The second-order valence-corrected chi connectivity index (χ2v) is 10.5. The van der Waals surface area contributed by atoms with Gasteiger partial charge in [0.25, 0.3) is 15.9 Å². The molecule has 33 heavy (non-hydrogen) atoms. The van der Waals surface area contributed by atoms with Gasteiger partial charge in [0.15, 0.2) is 0 Å². The number of sulfonamides is 1. The highest BCUT2D eigenvalue weighted by atomic mass is 32.2. The van der Waals surface area contributed by atoms with E-state index in [1.165, 1.54) is 12.1 Å². The zero-order chi connectivity index (χ0) is 23.0. The van der Waals surface area contributed by atoms with Crippen LogP contribution in [0.3, 0.4) is 0 Å². The van der Waals surface area contributed by atoms with Crippen molar-refractivity contribution in [3.05, 3.63) is 65.4 Å². The lowest BCUT2D eigenvalue weighted by atomic mass is 9.84. The molecule has 3 aromatic rings. The third-order valence-corrected chi connectivity index (χ3v) is 7.64. The Morgan fingerprint density at radius 2 is 1.94 bits per heavy atom. The van der Waals surface area contributed by atoms with Crippen LogP contribution in [0.5, 0.6) is 0 Å². The van der Waals surface area contributed by atoms with Gasteiger partial charge in [-0.25, -0.2) is 8.42 Å². The molecule has 2 N–H and O–H groups in total. The van der Waals surface area contributed by atoms with E-state index >= 15 is 0 Å². The molecule has 1 aromatic heterocycles. The van der Waals surface area contributed by atoms with Crippen molar-refractivity contribution in [3.8, 4) is 0 Å². The number of aromatic nitrogens is 1. The first kappa shape index (κ1) is 21.6. The number of aliphatic imine (C=N–C) groups is 1. The van der Waals surface area contributed by atoms with Crippen LogP contribution in [0.4, 0.5) is 5.69 Å². The molecule has 0 fully saturated rings. The lowest BCUT2D eigenvalue weighted by Gasteiger charge is -2.24. The Morgan fingerprint density at radius 1 is 1.09 bits per heavy atom. The van der Waals surface area contributed by atoms with Gasteiger partial charge in [0.2, 0.25) is 0 Å². The third-order valence-electron chi connectivity index (χ3n) is 6.26. The minimum absolute atomic E-state index is 0.0881. The Bertz CT molecular complexity index is 1380. The number of nitrogens with zero attached hydrogens (tertiary/aromatic N) is 2. The number of amides is 1. The second kappa shape index (κ2) is 8.59. The number of pyridine rings is 1. The highest BCUT2D eigenvalue weighted by Crippen LogP contribution is 2.32. The molecule has 1 atom stereocenters. The number of carbonyl (C=O) groups is 1. The van der Waals surface area contributed by atoms with Crippen molar-refractivity contribution < 1.29 is 13.2 Å². The van der Waals surface area contributed by atoms with Gasteiger partial charge in [-0.05, 0) is 61.4 Å². The summed E-state index contributed by atoms with van der Waals surface area (Å²) in [5.74, 6) is 0.708. The summed E-state index contributed by atoms with van der Waals surface area (Å²) in [7, 11) is -3.77. The quantitative estimate of drug-likeness (QED) is 0.610. The van der Waals surface area contributed by atoms with Crippen molar-refractivity contribution in [3.63, 3.8) is 0 Å². The van der Waals surface area contributed by atoms with Crippen LogP contribution < -0.4 is 10.0 Å². The number of nitrogens with one attached hydrogen (secondary N) is 2. The fourth-order valence-corrected chi connectivity index (χ4v) is 5.73. The zero-order valence-electron chi connectivity index (χ0n) is 18.5. The van der Waals surface area contributed by atoms with Crippen LogP contribution >= 0.6 is 0 Å². The molecule has 2 heterocycles. The number of amidine groups is 1. The molecule has 2 aliphatic rings. The number of aryl methyl sites for hydroxylation is 1. The molecule has 1 amide bonds. The van der Waals surface area contributed by atoms with Crippen LogP contribution in [0.25, 0.3) is 10.9 Å². The average Bonchev–Trinajstić information content (AvgIpc) is 3.30. The van der Waals surface area contributed by atoms with Gasteiger partial charge in [-0.1, -0.05) is 31.2 Å². The molecule has 0 spiro atoms. The van der Waals surface area contributed by atoms with E-state index in [1.807, 2.05) is 24.3 Å². The number of fused-ring (bicyclic) bond motifs is 2. The molecule has 1 aliphatic carbocycles. The van der Waals surface area contributed by atoms with Crippen LogP contribution in [0.15, 0.2) is 58.4 Å². The van der Waals surface area contributed by atoms with Gasteiger partial charge < -0.3 is 5.32 Å².